The molecule has 2 aromatic heterocycles. The number of nitrogens with zero attached hydrogens (tertiary/aromatic N) is 4. The van der Waals surface area contributed by atoms with E-state index in [0.29, 0.717) is 18.1 Å². The van der Waals surface area contributed by atoms with E-state index in [1.807, 2.05) is 20.0 Å². The van der Waals surface area contributed by atoms with E-state index in [0.717, 1.165) is 11.7 Å². The van der Waals surface area contributed by atoms with Crippen LogP contribution in [0.5, 0.6) is 0 Å². The quantitative estimate of drug-likeness (QED) is 0.599. The molecule has 2 heterocycles. The van der Waals surface area contributed by atoms with Crippen molar-refractivity contribution in [3.63, 3.8) is 0 Å². The maximum atomic E-state index is 12.5. The summed E-state index contributed by atoms with van der Waals surface area (Å²) in [4.78, 5) is 12.5. The first-order valence-corrected chi connectivity index (χ1v) is 11.9. The highest BCUT2D eigenvalue weighted by Gasteiger charge is 2.13. The molecule has 1 N–H and O–H groups in total. The van der Waals surface area contributed by atoms with Gasteiger partial charge in [-0.3, -0.25) is 9.48 Å². The summed E-state index contributed by atoms with van der Waals surface area (Å²) in [6.07, 6.45) is 0. The Hall–Kier alpha value is -1.64. The van der Waals surface area contributed by atoms with Crippen LogP contribution in [0.2, 0.25) is 30.8 Å². The van der Waals surface area contributed by atoms with Crippen LogP contribution in [0.3, 0.4) is 0 Å². The third kappa shape index (κ3) is 5.18. The molecule has 2 aromatic rings. The lowest BCUT2D eigenvalue weighted by Crippen LogP contribution is -2.27. The fraction of sp³-hybridized carbons (Fsp3) is 0.533. The Morgan fingerprint density at radius 2 is 2.00 bits per heavy atom. The molecule has 0 bridgehead atoms. The van der Waals surface area contributed by atoms with Crippen LogP contribution < -0.4 is 10.9 Å². The van der Waals surface area contributed by atoms with Crippen molar-refractivity contribution in [1.82, 2.24) is 19.6 Å². The molecule has 0 saturated carbocycles. The summed E-state index contributed by atoms with van der Waals surface area (Å²) >= 11 is 6.02. The summed E-state index contributed by atoms with van der Waals surface area (Å²) in [5.74, 6) is 0.584. The molecule has 0 spiro atoms. The first-order valence-electron chi connectivity index (χ1n) is 7.79. The molecule has 132 valence electrons. The van der Waals surface area contributed by atoms with E-state index in [1.54, 1.807) is 4.68 Å². The minimum Gasteiger partial charge on any atom is -0.359 e. The summed E-state index contributed by atoms with van der Waals surface area (Å²) in [6, 6.07) is 4.37. The van der Waals surface area contributed by atoms with Crippen molar-refractivity contribution in [2.75, 3.05) is 11.9 Å². The van der Waals surface area contributed by atoms with Gasteiger partial charge in [-0.1, -0.05) is 31.2 Å². The largest absolute Gasteiger partial charge is 0.359 e. The van der Waals surface area contributed by atoms with E-state index in [9.17, 15) is 4.79 Å². The second-order valence-corrected chi connectivity index (χ2v) is 13.0. The summed E-state index contributed by atoms with van der Waals surface area (Å²) in [6.45, 7) is 9.45. The monoisotopic (exact) mass is 369 g/mol. The van der Waals surface area contributed by atoms with Crippen LogP contribution in [-0.2, 0) is 18.5 Å². The van der Waals surface area contributed by atoms with Gasteiger partial charge in [0.2, 0.25) is 0 Å². The predicted molar refractivity (Wildman–Crippen MR) is 98.8 cm³/mol. The molecule has 0 amide bonds. The molecule has 0 aromatic carbocycles. The Labute approximate surface area is 147 Å². The lowest BCUT2D eigenvalue weighted by molar-refractivity contribution is 0.0752. The highest BCUT2D eigenvalue weighted by molar-refractivity contribution is 6.76. The zero-order valence-electron chi connectivity index (χ0n) is 14.8. The van der Waals surface area contributed by atoms with Gasteiger partial charge in [0.15, 0.2) is 11.0 Å². The van der Waals surface area contributed by atoms with Gasteiger partial charge in [0.25, 0.3) is 5.56 Å². The van der Waals surface area contributed by atoms with Crippen molar-refractivity contribution in [2.45, 2.75) is 39.3 Å². The van der Waals surface area contributed by atoms with Gasteiger partial charge < -0.3 is 10.1 Å². The second-order valence-electron chi connectivity index (χ2n) is 6.95. The van der Waals surface area contributed by atoms with Crippen molar-refractivity contribution >= 4 is 31.2 Å². The number of nitrogens with one attached hydrogen (secondary N) is 1. The Bertz CT molecular complexity index is 747. The number of rotatable bonds is 7. The third-order valence-electron chi connectivity index (χ3n) is 3.53. The van der Waals surface area contributed by atoms with Crippen LogP contribution in [0.25, 0.3) is 0 Å². The van der Waals surface area contributed by atoms with E-state index in [4.69, 9.17) is 16.3 Å². The molecule has 0 aliphatic carbocycles. The Morgan fingerprint density at radius 1 is 1.29 bits per heavy atom. The van der Waals surface area contributed by atoms with E-state index < -0.39 is 8.07 Å². The topological polar surface area (TPSA) is 74.0 Å². The molecule has 0 aliphatic heterocycles. The zero-order valence-corrected chi connectivity index (χ0v) is 16.5. The first-order chi connectivity index (χ1) is 11.2. The number of halogens is 1. The van der Waals surface area contributed by atoms with E-state index >= 15 is 0 Å². The maximum absolute atomic E-state index is 12.5. The van der Waals surface area contributed by atoms with Crippen molar-refractivity contribution in [3.05, 3.63) is 33.3 Å². The predicted octanol–water partition coefficient (Wildman–Crippen LogP) is 2.99. The summed E-state index contributed by atoms with van der Waals surface area (Å²) in [5, 5.41) is 11.5. The lowest BCUT2D eigenvalue weighted by atomic mass is 10.4. The lowest BCUT2D eigenvalue weighted by Gasteiger charge is -2.15. The number of aromatic nitrogens is 4. The zero-order chi connectivity index (χ0) is 17.9. The van der Waals surface area contributed by atoms with E-state index in [1.165, 1.54) is 10.7 Å². The minimum absolute atomic E-state index is 0.0831. The second kappa shape index (κ2) is 7.50. The van der Waals surface area contributed by atoms with Gasteiger partial charge in [0.1, 0.15) is 12.4 Å². The summed E-state index contributed by atoms with van der Waals surface area (Å²) in [5.41, 5.74) is 1.00. The van der Waals surface area contributed by atoms with Crippen molar-refractivity contribution in [3.8, 4) is 0 Å². The van der Waals surface area contributed by atoms with Gasteiger partial charge in [0.05, 0.1) is 0 Å². The molecule has 9 heteroatoms. The van der Waals surface area contributed by atoms with E-state index in [2.05, 4.69) is 35.2 Å². The van der Waals surface area contributed by atoms with Crippen LogP contribution in [0.1, 0.15) is 5.69 Å². The molecule has 0 aliphatic rings. The normalized spacial score (nSPS) is 11.8. The van der Waals surface area contributed by atoms with Gasteiger partial charge in [-0.2, -0.15) is 10.2 Å². The van der Waals surface area contributed by atoms with Crippen LogP contribution in [-0.4, -0.2) is 34.2 Å². The molecule has 7 nitrogen and oxygen atoms in total. The highest BCUT2D eigenvalue weighted by atomic mass is 35.5. The molecule has 2 rings (SSSR count). The van der Waals surface area contributed by atoms with Crippen molar-refractivity contribution in [2.24, 2.45) is 7.05 Å². The molecule has 0 unspecified atom stereocenters. The van der Waals surface area contributed by atoms with Gasteiger partial charge >= 0.3 is 0 Å². The number of ether oxygens (including phenoxy) is 1. The van der Waals surface area contributed by atoms with Crippen LogP contribution in [0.4, 0.5) is 11.5 Å². The Morgan fingerprint density at radius 3 is 2.58 bits per heavy atom. The van der Waals surface area contributed by atoms with Gasteiger partial charge in [-0.05, 0) is 13.0 Å². The molecule has 0 atom stereocenters. The van der Waals surface area contributed by atoms with Crippen molar-refractivity contribution in [1.29, 1.82) is 0 Å². The van der Waals surface area contributed by atoms with Crippen LogP contribution in [0.15, 0.2) is 16.9 Å². The fourth-order valence-corrected chi connectivity index (χ4v) is 2.93. The molecule has 24 heavy (non-hydrogen) atoms. The molecule has 0 radical (unpaired) electrons. The SMILES string of the molecule is Cc1cc(Nc2cc(Cl)nn(COCC[Si](C)(C)C)c2=O)nn1C. The van der Waals surface area contributed by atoms with Crippen LogP contribution >= 0.6 is 11.6 Å². The Balaban J connectivity index is 2.10. The summed E-state index contributed by atoms with van der Waals surface area (Å²) < 4.78 is 8.54. The molecular weight excluding hydrogens is 346 g/mol. The van der Waals surface area contributed by atoms with Crippen LogP contribution in [0, 0.1) is 6.92 Å². The molecular formula is C15H24ClN5O2Si. The molecule has 0 fully saturated rings. The van der Waals surface area contributed by atoms with Gasteiger partial charge in [-0.15, -0.1) is 0 Å². The standard InChI is InChI=1S/C15H24ClN5O2Si/c1-11-8-14(19-20(11)2)17-12-9-13(16)18-21(15(12)22)10-23-6-7-24(3,4)5/h8-9H,6-7,10H2,1-5H3,(H,17,19). The third-order valence-corrected chi connectivity index (χ3v) is 5.42. The molecule has 0 saturated heterocycles. The number of hydrogen-bond acceptors (Lipinski definition) is 5. The highest BCUT2D eigenvalue weighted by Crippen LogP contribution is 2.15. The van der Waals surface area contributed by atoms with E-state index in [-0.39, 0.29) is 17.4 Å². The van der Waals surface area contributed by atoms with Crippen molar-refractivity contribution < 1.29 is 4.74 Å². The first kappa shape index (κ1) is 18.7. The van der Waals surface area contributed by atoms with Gasteiger partial charge in [0, 0.05) is 39.6 Å². The summed E-state index contributed by atoms with van der Waals surface area (Å²) in [7, 11) is 0.671. The average Bonchev–Trinajstić information content (AvgIpc) is 2.77. The smallest absolute Gasteiger partial charge is 0.292 e. The minimum atomic E-state index is -1.17. The average molecular weight is 370 g/mol. The number of hydrogen-bond donors (Lipinski definition) is 1. The number of aryl methyl sites for hydroxylation is 2. The number of anilines is 2. The van der Waals surface area contributed by atoms with Gasteiger partial charge in [-0.25, -0.2) is 4.68 Å². The fourth-order valence-electron chi connectivity index (χ4n) is 1.98. The maximum Gasteiger partial charge on any atom is 0.292 e. The Kier molecular flexibility index (Phi) is 5.84.